The van der Waals surface area contributed by atoms with Gasteiger partial charge in [0.15, 0.2) is 0 Å². The highest BCUT2D eigenvalue weighted by Crippen LogP contribution is 2.31. The molecule has 0 saturated heterocycles. The van der Waals surface area contributed by atoms with Crippen molar-refractivity contribution >= 4 is 23.2 Å². The molecule has 1 saturated carbocycles. The van der Waals surface area contributed by atoms with E-state index in [-0.39, 0.29) is 0 Å². The summed E-state index contributed by atoms with van der Waals surface area (Å²) in [6.07, 6.45) is 5.52. The summed E-state index contributed by atoms with van der Waals surface area (Å²) in [6.45, 7) is 2.57. The molecule has 1 fully saturated rings. The summed E-state index contributed by atoms with van der Waals surface area (Å²) in [5, 5.41) is 4.46. The third-order valence-corrected chi connectivity index (χ3v) is 4.16. The Hall–Kier alpha value is -0.440. The van der Waals surface area contributed by atoms with Crippen LogP contribution in [0.4, 0.5) is 0 Å². The first-order valence-corrected chi connectivity index (χ1v) is 7.30. The molecule has 100 valence electrons. The molecule has 18 heavy (non-hydrogen) atoms. The molecule has 0 unspecified atom stereocenters. The molecule has 0 radical (unpaired) electrons. The summed E-state index contributed by atoms with van der Waals surface area (Å²) in [4.78, 5) is 0. The van der Waals surface area contributed by atoms with Gasteiger partial charge in [-0.3, -0.25) is 0 Å². The molecule has 4 heteroatoms. The standard InChI is InChI=1S/C14H19Cl2NO/c15-12-6-3-7-13(14(12)16)18-9-8-17-10-11-4-1-2-5-11/h3,6-7,11,17H,1-2,4-5,8-10H2. The maximum absolute atomic E-state index is 6.03. The van der Waals surface area contributed by atoms with Crippen molar-refractivity contribution in [3.63, 3.8) is 0 Å². The lowest BCUT2D eigenvalue weighted by Crippen LogP contribution is -2.26. The predicted molar refractivity (Wildman–Crippen MR) is 76.8 cm³/mol. The van der Waals surface area contributed by atoms with Crippen LogP contribution in [0, 0.1) is 5.92 Å². The van der Waals surface area contributed by atoms with E-state index < -0.39 is 0 Å². The minimum atomic E-state index is 0.495. The van der Waals surface area contributed by atoms with E-state index in [0.29, 0.717) is 22.4 Å². The van der Waals surface area contributed by atoms with Gasteiger partial charge in [0.2, 0.25) is 0 Å². The summed E-state index contributed by atoms with van der Waals surface area (Å²) in [5.74, 6) is 1.52. The molecule has 1 N–H and O–H groups in total. The summed E-state index contributed by atoms with van der Waals surface area (Å²) >= 11 is 11.9. The van der Waals surface area contributed by atoms with Crippen LogP contribution in [-0.4, -0.2) is 19.7 Å². The Morgan fingerprint density at radius 3 is 2.78 bits per heavy atom. The van der Waals surface area contributed by atoms with Gasteiger partial charge >= 0.3 is 0 Å². The molecule has 0 bridgehead atoms. The molecule has 0 spiro atoms. The van der Waals surface area contributed by atoms with Crippen molar-refractivity contribution in [3.05, 3.63) is 28.2 Å². The van der Waals surface area contributed by atoms with Crippen LogP contribution in [0.2, 0.25) is 10.0 Å². The molecule has 0 amide bonds. The molecular formula is C14H19Cl2NO. The molecular weight excluding hydrogens is 269 g/mol. The molecule has 1 aromatic rings. The first-order valence-electron chi connectivity index (χ1n) is 6.55. The second kappa shape index (κ2) is 7.22. The predicted octanol–water partition coefficient (Wildman–Crippen LogP) is 4.15. The summed E-state index contributed by atoms with van der Waals surface area (Å²) in [7, 11) is 0. The van der Waals surface area contributed by atoms with Crippen LogP contribution in [-0.2, 0) is 0 Å². The van der Waals surface area contributed by atoms with Gasteiger partial charge in [-0.05, 0) is 37.4 Å². The highest BCUT2D eigenvalue weighted by atomic mass is 35.5. The number of hydrogen-bond donors (Lipinski definition) is 1. The largest absolute Gasteiger partial charge is 0.491 e. The molecule has 0 heterocycles. The Bertz CT molecular complexity index is 378. The minimum absolute atomic E-state index is 0.495. The van der Waals surface area contributed by atoms with Crippen molar-refractivity contribution in [1.29, 1.82) is 0 Å². The highest BCUT2D eigenvalue weighted by Gasteiger charge is 2.13. The van der Waals surface area contributed by atoms with Crippen LogP contribution >= 0.6 is 23.2 Å². The molecule has 1 aliphatic rings. The maximum atomic E-state index is 6.03. The Labute approximate surface area is 119 Å². The zero-order valence-corrected chi connectivity index (χ0v) is 11.9. The summed E-state index contributed by atoms with van der Waals surface area (Å²) in [5.41, 5.74) is 0. The lowest BCUT2D eigenvalue weighted by molar-refractivity contribution is 0.309. The van der Waals surface area contributed by atoms with Gasteiger partial charge in [0.05, 0.1) is 5.02 Å². The number of rotatable bonds is 6. The minimum Gasteiger partial charge on any atom is -0.491 e. The first-order chi connectivity index (χ1) is 8.77. The Morgan fingerprint density at radius 2 is 2.00 bits per heavy atom. The van der Waals surface area contributed by atoms with Gasteiger partial charge in [0, 0.05) is 6.54 Å². The average Bonchev–Trinajstić information content (AvgIpc) is 2.87. The third-order valence-electron chi connectivity index (χ3n) is 3.36. The van der Waals surface area contributed by atoms with Crippen molar-refractivity contribution in [3.8, 4) is 5.75 Å². The molecule has 1 aromatic carbocycles. The van der Waals surface area contributed by atoms with E-state index >= 15 is 0 Å². The molecule has 1 aliphatic carbocycles. The SMILES string of the molecule is Clc1cccc(OCCNCC2CCCC2)c1Cl. The van der Waals surface area contributed by atoms with E-state index in [1.54, 1.807) is 6.07 Å². The van der Waals surface area contributed by atoms with E-state index in [9.17, 15) is 0 Å². The Kier molecular flexibility index (Phi) is 5.61. The monoisotopic (exact) mass is 287 g/mol. The molecule has 0 aromatic heterocycles. The van der Waals surface area contributed by atoms with E-state index in [1.165, 1.54) is 25.7 Å². The van der Waals surface area contributed by atoms with Gasteiger partial charge in [0.1, 0.15) is 17.4 Å². The molecule has 2 nitrogen and oxygen atoms in total. The average molecular weight is 288 g/mol. The van der Waals surface area contributed by atoms with Crippen molar-refractivity contribution in [2.75, 3.05) is 19.7 Å². The van der Waals surface area contributed by atoms with Crippen LogP contribution in [0.3, 0.4) is 0 Å². The fourth-order valence-corrected chi connectivity index (χ4v) is 2.70. The van der Waals surface area contributed by atoms with E-state index in [0.717, 1.165) is 19.0 Å². The van der Waals surface area contributed by atoms with Gasteiger partial charge in [-0.1, -0.05) is 42.1 Å². The van der Waals surface area contributed by atoms with Gasteiger partial charge in [-0.15, -0.1) is 0 Å². The number of halogens is 2. The normalized spacial score (nSPS) is 16.1. The zero-order valence-electron chi connectivity index (χ0n) is 10.4. The third kappa shape index (κ3) is 4.04. The van der Waals surface area contributed by atoms with Crippen LogP contribution in [0.5, 0.6) is 5.75 Å². The van der Waals surface area contributed by atoms with Gasteiger partial charge in [0.25, 0.3) is 0 Å². The smallest absolute Gasteiger partial charge is 0.139 e. The van der Waals surface area contributed by atoms with Gasteiger partial charge < -0.3 is 10.1 Å². The second-order valence-corrected chi connectivity index (χ2v) is 5.54. The molecule has 0 atom stereocenters. The fraction of sp³-hybridized carbons (Fsp3) is 0.571. The van der Waals surface area contributed by atoms with Crippen LogP contribution in [0.15, 0.2) is 18.2 Å². The molecule has 0 aliphatic heterocycles. The molecule has 2 rings (SSSR count). The number of ether oxygens (including phenoxy) is 1. The van der Waals surface area contributed by atoms with Crippen LogP contribution < -0.4 is 10.1 Å². The lowest BCUT2D eigenvalue weighted by atomic mass is 10.1. The summed E-state index contributed by atoms with van der Waals surface area (Å²) < 4.78 is 5.60. The van der Waals surface area contributed by atoms with Crippen molar-refractivity contribution in [1.82, 2.24) is 5.32 Å². The topological polar surface area (TPSA) is 21.3 Å². The quantitative estimate of drug-likeness (QED) is 0.794. The van der Waals surface area contributed by atoms with E-state index in [1.807, 2.05) is 12.1 Å². The number of hydrogen-bond acceptors (Lipinski definition) is 2. The number of benzene rings is 1. The van der Waals surface area contributed by atoms with Crippen molar-refractivity contribution in [2.24, 2.45) is 5.92 Å². The Morgan fingerprint density at radius 1 is 1.22 bits per heavy atom. The van der Waals surface area contributed by atoms with Gasteiger partial charge in [-0.25, -0.2) is 0 Å². The first kappa shape index (κ1) is 14.0. The zero-order chi connectivity index (χ0) is 12.8. The Balaban J connectivity index is 1.64. The van der Waals surface area contributed by atoms with Crippen molar-refractivity contribution < 1.29 is 4.74 Å². The van der Waals surface area contributed by atoms with Gasteiger partial charge in [-0.2, -0.15) is 0 Å². The second-order valence-electron chi connectivity index (χ2n) is 4.76. The van der Waals surface area contributed by atoms with E-state index in [4.69, 9.17) is 27.9 Å². The highest BCUT2D eigenvalue weighted by molar-refractivity contribution is 6.42. The lowest BCUT2D eigenvalue weighted by Gasteiger charge is -2.12. The van der Waals surface area contributed by atoms with Crippen LogP contribution in [0.1, 0.15) is 25.7 Å². The number of nitrogens with one attached hydrogen (secondary N) is 1. The van der Waals surface area contributed by atoms with E-state index in [2.05, 4.69) is 5.32 Å². The fourth-order valence-electron chi connectivity index (χ4n) is 2.35. The maximum Gasteiger partial charge on any atom is 0.139 e. The van der Waals surface area contributed by atoms with Crippen molar-refractivity contribution in [2.45, 2.75) is 25.7 Å². The summed E-state index contributed by atoms with van der Waals surface area (Å²) in [6, 6.07) is 5.44. The van der Waals surface area contributed by atoms with Crippen LogP contribution in [0.25, 0.3) is 0 Å².